The number of amides is 1. The number of thiophene rings is 1. The van der Waals surface area contributed by atoms with E-state index in [0.29, 0.717) is 16.1 Å². The SMILES string of the molecule is CCOC(=O)c1c(-c2ccccc2)csc1NC(=O)Cn1cc(C)ccc1=O. The molecule has 0 saturated carbocycles. The van der Waals surface area contributed by atoms with Gasteiger partial charge in [0.15, 0.2) is 0 Å². The third-order valence-electron chi connectivity index (χ3n) is 4.05. The minimum Gasteiger partial charge on any atom is -0.462 e. The van der Waals surface area contributed by atoms with Crippen LogP contribution in [0.25, 0.3) is 11.1 Å². The van der Waals surface area contributed by atoms with E-state index < -0.39 is 5.97 Å². The molecule has 28 heavy (non-hydrogen) atoms. The van der Waals surface area contributed by atoms with E-state index in [1.165, 1.54) is 22.0 Å². The molecule has 0 spiro atoms. The van der Waals surface area contributed by atoms with Crippen molar-refractivity contribution in [3.63, 3.8) is 0 Å². The Morgan fingerprint density at radius 3 is 2.61 bits per heavy atom. The van der Waals surface area contributed by atoms with Gasteiger partial charge in [0.05, 0.1) is 6.61 Å². The number of aryl methyl sites for hydroxylation is 1. The predicted octanol–water partition coefficient (Wildman–Crippen LogP) is 3.70. The van der Waals surface area contributed by atoms with Crippen molar-refractivity contribution in [3.8, 4) is 11.1 Å². The van der Waals surface area contributed by atoms with Crippen LogP contribution in [0.3, 0.4) is 0 Å². The summed E-state index contributed by atoms with van der Waals surface area (Å²) in [4.78, 5) is 37.0. The summed E-state index contributed by atoms with van der Waals surface area (Å²) in [6, 6.07) is 12.6. The fraction of sp³-hybridized carbons (Fsp3) is 0.190. The van der Waals surface area contributed by atoms with Crippen molar-refractivity contribution >= 4 is 28.2 Å². The number of anilines is 1. The Bertz CT molecular complexity index is 1050. The highest BCUT2D eigenvalue weighted by atomic mass is 32.1. The molecule has 144 valence electrons. The highest BCUT2D eigenvalue weighted by Crippen LogP contribution is 2.36. The first kappa shape index (κ1) is 19.6. The summed E-state index contributed by atoms with van der Waals surface area (Å²) in [5.41, 5.74) is 2.50. The van der Waals surface area contributed by atoms with Gasteiger partial charge in [-0.15, -0.1) is 11.3 Å². The fourth-order valence-electron chi connectivity index (χ4n) is 2.78. The first-order valence-corrected chi connectivity index (χ1v) is 9.68. The van der Waals surface area contributed by atoms with Gasteiger partial charge in [0.2, 0.25) is 5.91 Å². The number of ether oxygens (including phenoxy) is 1. The molecule has 6 nitrogen and oxygen atoms in total. The second-order valence-electron chi connectivity index (χ2n) is 6.16. The highest BCUT2D eigenvalue weighted by Gasteiger charge is 2.22. The lowest BCUT2D eigenvalue weighted by Gasteiger charge is -2.10. The van der Waals surface area contributed by atoms with Crippen LogP contribution < -0.4 is 10.9 Å². The van der Waals surface area contributed by atoms with Crippen LogP contribution in [0.5, 0.6) is 0 Å². The molecule has 0 unspecified atom stereocenters. The van der Waals surface area contributed by atoms with Gasteiger partial charge in [-0.1, -0.05) is 36.4 Å². The normalized spacial score (nSPS) is 10.5. The van der Waals surface area contributed by atoms with Gasteiger partial charge in [0.1, 0.15) is 17.1 Å². The maximum Gasteiger partial charge on any atom is 0.341 e. The van der Waals surface area contributed by atoms with Crippen LogP contribution in [0, 0.1) is 6.92 Å². The highest BCUT2D eigenvalue weighted by molar-refractivity contribution is 7.15. The van der Waals surface area contributed by atoms with Crippen LogP contribution >= 0.6 is 11.3 Å². The molecule has 3 aromatic rings. The molecule has 0 aliphatic rings. The van der Waals surface area contributed by atoms with Crippen molar-refractivity contribution in [2.75, 3.05) is 11.9 Å². The van der Waals surface area contributed by atoms with E-state index in [4.69, 9.17) is 4.74 Å². The number of pyridine rings is 1. The third kappa shape index (κ3) is 4.37. The topological polar surface area (TPSA) is 77.4 Å². The van der Waals surface area contributed by atoms with E-state index >= 15 is 0 Å². The average molecular weight is 396 g/mol. The Morgan fingerprint density at radius 1 is 1.14 bits per heavy atom. The van der Waals surface area contributed by atoms with Gasteiger partial charge in [-0.25, -0.2) is 4.79 Å². The second kappa shape index (κ2) is 8.67. The molecule has 7 heteroatoms. The zero-order valence-electron chi connectivity index (χ0n) is 15.6. The molecule has 0 saturated heterocycles. The van der Waals surface area contributed by atoms with Crippen LogP contribution in [0.15, 0.2) is 58.8 Å². The Morgan fingerprint density at radius 2 is 1.89 bits per heavy atom. The average Bonchev–Trinajstić information content (AvgIpc) is 3.09. The minimum absolute atomic E-state index is 0.138. The number of hydrogen-bond acceptors (Lipinski definition) is 5. The number of benzene rings is 1. The number of rotatable bonds is 6. The maximum atomic E-state index is 12.5. The van der Waals surface area contributed by atoms with E-state index in [1.54, 1.807) is 19.2 Å². The number of aromatic nitrogens is 1. The van der Waals surface area contributed by atoms with Crippen LogP contribution in [0.4, 0.5) is 5.00 Å². The molecule has 0 radical (unpaired) electrons. The molecular weight excluding hydrogens is 376 g/mol. The molecule has 1 aromatic carbocycles. The molecule has 2 heterocycles. The summed E-state index contributed by atoms with van der Waals surface area (Å²) in [7, 11) is 0. The van der Waals surface area contributed by atoms with Gasteiger partial charge >= 0.3 is 5.97 Å². The third-order valence-corrected chi connectivity index (χ3v) is 4.95. The summed E-state index contributed by atoms with van der Waals surface area (Å²) in [5.74, 6) is -0.884. The number of carbonyl (C=O) groups is 2. The van der Waals surface area contributed by atoms with Crippen LogP contribution in [0.2, 0.25) is 0 Å². The summed E-state index contributed by atoms with van der Waals surface area (Å²) >= 11 is 1.25. The van der Waals surface area contributed by atoms with Crippen molar-refractivity contribution in [1.82, 2.24) is 4.57 Å². The summed E-state index contributed by atoms with van der Waals surface area (Å²) < 4.78 is 6.52. The molecule has 0 aliphatic carbocycles. The number of esters is 1. The van der Waals surface area contributed by atoms with E-state index in [-0.39, 0.29) is 24.6 Å². The second-order valence-corrected chi connectivity index (χ2v) is 7.04. The van der Waals surface area contributed by atoms with Gasteiger partial charge < -0.3 is 14.6 Å². The Labute approximate surface area is 166 Å². The number of hydrogen-bond donors (Lipinski definition) is 1. The lowest BCUT2D eigenvalue weighted by atomic mass is 10.0. The molecule has 1 N–H and O–H groups in total. The molecule has 3 rings (SSSR count). The van der Waals surface area contributed by atoms with Gasteiger partial charge in [0.25, 0.3) is 5.56 Å². The van der Waals surface area contributed by atoms with Gasteiger partial charge in [-0.3, -0.25) is 9.59 Å². The van der Waals surface area contributed by atoms with Crippen LogP contribution in [-0.4, -0.2) is 23.1 Å². The standard InChI is InChI=1S/C21H20N2O4S/c1-3-27-21(26)19-16(15-7-5-4-6-8-15)13-28-20(19)22-17(24)12-23-11-14(2)9-10-18(23)25/h4-11,13H,3,12H2,1-2H3,(H,22,24). The molecule has 1 amide bonds. The Hall–Kier alpha value is -3.19. The largest absolute Gasteiger partial charge is 0.462 e. The summed E-state index contributed by atoms with van der Waals surface area (Å²) in [6.45, 7) is 3.67. The summed E-state index contributed by atoms with van der Waals surface area (Å²) in [5, 5.41) is 4.98. The van der Waals surface area contributed by atoms with Gasteiger partial charge in [-0.2, -0.15) is 0 Å². The maximum absolute atomic E-state index is 12.5. The number of nitrogens with one attached hydrogen (secondary N) is 1. The predicted molar refractivity (Wildman–Crippen MR) is 110 cm³/mol. The number of nitrogens with zero attached hydrogens (tertiary/aromatic N) is 1. The molecule has 0 aliphatic heterocycles. The first-order chi connectivity index (χ1) is 13.5. The van der Waals surface area contributed by atoms with Gasteiger partial charge in [-0.05, 0) is 25.0 Å². The molecule has 0 atom stereocenters. The van der Waals surface area contributed by atoms with E-state index in [0.717, 1.165) is 11.1 Å². The quantitative estimate of drug-likeness (QED) is 0.645. The molecule has 2 aromatic heterocycles. The van der Waals surface area contributed by atoms with E-state index in [2.05, 4.69) is 5.32 Å². The zero-order chi connectivity index (χ0) is 20.1. The van der Waals surface area contributed by atoms with Crippen molar-refractivity contribution in [1.29, 1.82) is 0 Å². The van der Waals surface area contributed by atoms with Crippen molar-refractivity contribution in [3.05, 3.63) is 75.5 Å². The number of carbonyl (C=O) groups excluding carboxylic acids is 2. The first-order valence-electron chi connectivity index (χ1n) is 8.80. The lowest BCUT2D eigenvalue weighted by Crippen LogP contribution is -2.27. The monoisotopic (exact) mass is 396 g/mol. The minimum atomic E-state index is -0.495. The Kier molecular flexibility index (Phi) is 6.06. The molecule has 0 bridgehead atoms. The van der Waals surface area contributed by atoms with Crippen LogP contribution in [-0.2, 0) is 16.1 Å². The molecular formula is C21H20N2O4S. The summed E-state index contributed by atoms with van der Waals surface area (Å²) in [6.07, 6.45) is 1.62. The Balaban J connectivity index is 1.90. The van der Waals surface area contributed by atoms with Crippen molar-refractivity contribution in [2.45, 2.75) is 20.4 Å². The fourth-order valence-corrected chi connectivity index (χ4v) is 3.75. The van der Waals surface area contributed by atoms with Gasteiger partial charge in [0, 0.05) is 23.2 Å². The van der Waals surface area contributed by atoms with Crippen molar-refractivity contribution < 1.29 is 14.3 Å². The van der Waals surface area contributed by atoms with E-state index in [9.17, 15) is 14.4 Å². The zero-order valence-corrected chi connectivity index (χ0v) is 16.4. The smallest absolute Gasteiger partial charge is 0.341 e. The van der Waals surface area contributed by atoms with Crippen molar-refractivity contribution in [2.24, 2.45) is 0 Å². The lowest BCUT2D eigenvalue weighted by molar-refractivity contribution is -0.116. The van der Waals surface area contributed by atoms with Crippen LogP contribution in [0.1, 0.15) is 22.8 Å². The molecule has 0 fully saturated rings. The van der Waals surface area contributed by atoms with E-state index in [1.807, 2.05) is 42.6 Å².